The van der Waals surface area contributed by atoms with Crippen LogP contribution in [-0.4, -0.2) is 85.1 Å². The molecule has 0 heterocycles. The third kappa shape index (κ3) is 19.6. The molecule has 0 aromatic carbocycles. The summed E-state index contributed by atoms with van der Waals surface area (Å²) in [4.78, 5) is -0.453. The number of ether oxygens (including phenoxy) is 1. The van der Waals surface area contributed by atoms with Crippen LogP contribution in [0.1, 0.15) is 59.3 Å². The van der Waals surface area contributed by atoms with E-state index in [2.05, 4.69) is 38.6 Å². The Morgan fingerprint density at radius 3 is 1.48 bits per heavy atom. The Balaban J connectivity index is 0. The molecule has 0 aromatic rings. The molecule has 7 nitrogen and oxygen atoms in total. The number of thiol groups is 1. The number of rotatable bonds is 15. The number of nitrogens with zero attached hydrogens (tertiary/aromatic N) is 2. The summed E-state index contributed by atoms with van der Waals surface area (Å²) in [5.41, 5.74) is -0.156. The molecule has 0 saturated carbocycles. The molecular weight excluding hydrogens is 640 g/mol. The summed E-state index contributed by atoms with van der Waals surface area (Å²) in [6.45, 7) is 19.9. The first-order valence-electron chi connectivity index (χ1n) is 13.4. The molecule has 0 N–H and O–H groups in total. The minimum Gasteiger partial charge on any atom is -0.475 e. The van der Waals surface area contributed by atoms with Gasteiger partial charge in [0.2, 0.25) is 4.38 Å². The van der Waals surface area contributed by atoms with Crippen molar-refractivity contribution >= 4 is 69.6 Å². The highest BCUT2D eigenvalue weighted by Crippen LogP contribution is 2.56. The monoisotopic (exact) mass is 692 g/mol. The summed E-state index contributed by atoms with van der Waals surface area (Å²) >= 11 is 11.0. The van der Waals surface area contributed by atoms with Crippen LogP contribution in [0.5, 0.6) is 0 Å². The number of hydrogen-bond acceptors (Lipinski definition) is 10. The van der Waals surface area contributed by atoms with Crippen LogP contribution in [0.25, 0.3) is 0 Å². The average Bonchev–Trinajstić information content (AvgIpc) is 2.75. The van der Waals surface area contributed by atoms with Crippen molar-refractivity contribution in [3.05, 3.63) is 0 Å². The van der Waals surface area contributed by atoms with Gasteiger partial charge in [-0.15, -0.1) is 0 Å². The normalized spacial score (nSPS) is 16.4. The fourth-order valence-corrected chi connectivity index (χ4v) is 11.5. The van der Waals surface area contributed by atoms with Gasteiger partial charge in [-0.05, 0) is 104 Å². The lowest BCUT2D eigenvalue weighted by atomic mass is 10.1. The quantitative estimate of drug-likeness (QED) is 0.102. The van der Waals surface area contributed by atoms with Gasteiger partial charge in [-0.25, -0.2) is 0 Å². The van der Waals surface area contributed by atoms with E-state index in [0.29, 0.717) is 48.8 Å². The first-order valence-corrected chi connectivity index (χ1v) is 25.8. The first-order chi connectivity index (χ1) is 17.9. The fourth-order valence-electron chi connectivity index (χ4n) is 3.41. The van der Waals surface area contributed by atoms with Crippen LogP contribution in [-0.2, 0) is 23.0 Å². The third-order valence-corrected chi connectivity index (χ3v) is 19.3. The number of nitriles is 2. The van der Waals surface area contributed by atoms with Crippen molar-refractivity contribution in [1.82, 2.24) is 0 Å². The lowest BCUT2D eigenvalue weighted by Gasteiger charge is -2.29. The Morgan fingerprint density at radius 1 is 0.775 bits per heavy atom. The van der Waals surface area contributed by atoms with Gasteiger partial charge in [0, 0.05) is 24.2 Å². The smallest absolute Gasteiger partial charge is 0.220 e. The van der Waals surface area contributed by atoms with E-state index >= 15 is 0 Å². The van der Waals surface area contributed by atoms with Crippen LogP contribution in [0.4, 0.5) is 0 Å². The van der Waals surface area contributed by atoms with Gasteiger partial charge in [0.15, 0.2) is 0 Å². The summed E-state index contributed by atoms with van der Waals surface area (Å²) < 4.78 is 55.3. The molecule has 0 amide bonds. The Hall–Kier alpha value is 0.490. The van der Waals surface area contributed by atoms with Crippen molar-refractivity contribution in [2.75, 3.05) is 53.3 Å². The molecule has 234 valence electrons. The van der Waals surface area contributed by atoms with Crippen LogP contribution in [0.3, 0.4) is 0 Å². The lowest BCUT2D eigenvalue weighted by molar-refractivity contribution is 0.168. The van der Waals surface area contributed by atoms with E-state index in [0.717, 1.165) is 0 Å². The zero-order valence-corrected chi connectivity index (χ0v) is 32.3. The van der Waals surface area contributed by atoms with Gasteiger partial charge in [-0.3, -0.25) is 0 Å². The zero-order chi connectivity index (χ0) is 32.1. The molecule has 0 aliphatic heterocycles. The largest absolute Gasteiger partial charge is 0.475 e. The van der Waals surface area contributed by atoms with E-state index < -0.39 is 28.6 Å². The number of thioether (sulfide) groups is 1. The van der Waals surface area contributed by atoms with Gasteiger partial charge in [-0.1, -0.05) is 25.6 Å². The van der Waals surface area contributed by atoms with Crippen molar-refractivity contribution in [3.63, 3.8) is 0 Å². The standard InChI is InChI=1S/C16H31NO3P2S2.C10H21NO2P2S/c1-12(2)13(3)20-16(23)24-15(22(6,7)19)11-14(9-8-10-17)21(4,5)18;1-14(2,12)9(6-5-7-11)8-10(16)15(3,4)13/h12-15H,8-9,11H2,1-7H3;9-10,16H,5-6,8H2,1-4H3. The van der Waals surface area contributed by atoms with Gasteiger partial charge < -0.3 is 23.0 Å². The molecule has 40 heavy (non-hydrogen) atoms. The minimum atomic E-state index is -2.46. The van der Waals surface area contributed by atoms with E-state index in [-0.39, 0.29) is 27.4 Å². The van der Waals surface area contributed by atoms with Gasteiger partial charge in [0.1, 0.15) is 0 Å². The van der Waals surface area contributed by atoms with Gasteiger partial charge in [0.05, 0.1) is 56.8 Å². The van der Waals surface area contributed by atoms with Crippen LogP contribution in [0, 0.1) is 28.6 Å². The molecular formula is C26H52N2O5P4S3. The molecule has 0 aromatic heterocycles. The predicted octanol–water partition coefficient (Wildman–Crippen LogP) is 9.25. The summed E-state index contributed by atoms with van der Waals surface area (Å²) in [6.07, 6.45) is 3.02. The second-order valence-corrected chi connectivity index (χ2v) is 29.6. The summed E-state index contributed by atoms with van der Waals surface area (Å²) in [5.74, 6) is 0.340. The third-order valence-electron chi connectivity index (χ3n) is 6.76. The van der Waals surface area contributed by atoms with Crippen LogP contribution in [0.2, 0.25) is 0 Å². The highest BCUT2D eigenvalue weighted by molar-refractivity contribution is 8.26. The number of thiocarbonyl (C=S) groups is 1. The SMILES string of the molecule is CC(C)C(C)OC(=S)SC(CC(CCC#N)P(C)(C)=O)P(C)(C)=O.CP(C)(=O)C(S)CC(CCC#N)P(C)(C)=O. The molecule has 0 spiro atoms. The Bertz CT molecular complexity index is 1070. The summed E-state index contributed by atoms with van der Waals surface area (Å²) in [7, 11) is -9.35. The maximum atomic E-state index is 12.7. The van der Waals surface area contributed by atoms with E-state index in [9.17, 15) is 18.3 Å². The Kier molecular flexibility index (Phi) is 20.2. The fraction of sp³-hybridized carbons (Fsp3) is 0.885. The molecule has 0 aliphatic rings. The molecule has 0 radical (unpaired) electrons. The van der Waals surface area contributed by atoms with E-state index in [1.165, 1.54) is 11.8 Å². The maximum absolute atomic E-state index is 12.7. The van der Waals surface area contributed by atoms with Crippen molar-refractivity contribution in [2.45, 2.75) is 86.7 Å². The predicted molar refractivity (Wildman–Crippen MR) is 186 cm³/mol. The van der Waals surface area contributed by atoms with Crippen molar-refractivity contribution in [3.8, 4) is 12.1 Å². The second kappa shape index (κ2) is 19.0. The maximum Gasteiger partial charge on any atom is 0.220 e. The van der Waals surface area contributed by atoms with Crippen molar-refractivity contribution in [2.24, 2.45) is 5.92 Å². The van der Waals surface area contributed by atoms with Gasteiger partial charge in [0.25, 0.3) is 0 Å². The molecule has 5 atom stereocenters. The second-order valence-electron chi connectivity index (χ2n) is 12.3. The highest BCUT2D eigenvalue weighted by atomic mass is 32.2. The zero-order valence-electron chi connectivity index (χ0n) is 26.2. The van der Waals surface area contributed by atoms with Crippen LogP contribution >= 0.6 is 65.2 Å². The topological polar surface area (TPSA) is 125 Å². The van der Waals surface area contributed by atoms with Crippen LogP contribution in [0.15, 0.2) is 0 Å². The molecule has 0 fully saturated rings. The number of hydrogen-bond donors (Lipinski definition) is 1. The highest BCUT2D eigenvalue weighted by Gasteiger charge is 2.34. The molecule has 0 aliphatic carbocycles. The molecule has 0 bridgehead atoms. The average molecular weight is 693 g/mol. The van der Waals surface area contributed by atoms with E-state index in [4.69, 9.17) is 27.5 Å². The molecule has 0 rings (SSSR count). The minimum absolute atomic E-state index is 0.00316. The lowest BCUT2D eigenvalue weighted by Crippen LogP contribution is -2.21. The Labute approximate surface area is 260 Å². The summed E-state index contributed by atoms with van der Waals surface area (Å²) in [5, 5.41) is 17.4. The van der Waals surface area contributed by atoms with Gasteiger partial charge >= 0.3 is 0 Å². The summed E-state index contributed by atoms with van der Waals surface area (Å²) in [6, 6.07) is 4.18. The molecule has 5 unspecified atom stereocenters. The molecule has 14 heteroatoms. The van der Waals surface area contributed by atoms with E-state index in [1.807, 2.05) is 6.92 Å². The van der Waals surface area contributed by atoms with Crippen LogP contribution < -0.4 is 0 Å². The van der Waals surface area contributed by atoms with E-state index in [1.54, 1.807) is 53.3 Å². The molecule has 0 saturated heterocycles. The van der Waals surface area contributed by atoms with Crippen molar-refractivity contribution in [1.29, 1.82) is 10.5 Å². The van der Waals surface area contributed by atoms with Gasteiger partial charge in [-0.2, -0.15) is 23.2 Å². The first kappa shape index (κ1) is 42.6. The van der Waals surface area contributed by atoms with Crippen molar-refractivity contribution < 1.29 is 23.0 Å². The Morgan fingerprint density at radius 2 is 1.18 bits per heavy atom.